The van der Waals surface area contributed by atoms with Gasteiger partial charge in [-0.15, -0.1) is 11.3 Å². The molecule has 0 saturated heterocycles. The molecule has 0 aliphatic heterocycles. The van der Waals surface area contributed by atoms with Crippen molar-refractivity contribution in [3.63, 3.8) is 0 Å². The Morgan fingerprint density at radius 3 is 2.68 bits per heavy atom. The van der Waals surface area contributed by atoms with Gasteiger partial charge in [0.15, 0.2) is 5.65 Å². The predicted molar refractivity (Wildman–Crippen MR) is 102 cm³/mol. The van der Waals surface area contributed by atoms with Crippen LogP contribution in [0, 0.1) is 5.41 Å². The Balaban J connectivity index is 1.35. The summed E-state index contributed by atoms with van der Waals surface area (Å²) in [4.78, 5) is 10.6. The first-order valence-electron chi connectivity index (χ1n) is 9.08. The summed E-state index contributed by atoms with van der Waals surface area (Å²) in [6.45, 7) is 0. The number of hydrogen-bond acceptors (Lipinski definition) is 5. The van der Waals surface area contributed by atoms with E-state index in [0.717, 1.165) is 31.7 Å². The number of aliphatic hydroxyl groups is 1. The molecule has 4 aromatic heterocycles. The van der Waals surface area contributed by atoms with E-state index in [2.05, 4.69) is 10.1 Å². The summed E-state index contributed by atoms with van der Waals surface area (Å²) in [5, 5.41) is 17.0. The molecule has 4 heterocycles. The standard InChI is InChI=1S/C20H16F2N4OS/c1-26-7-13-4-12(6-23-16(13)25-26)14-3-2-11-5-15(28-17(11)24-14)19(27)8-18(9-19)10-20(18,21)22/h2-7,27H,8-10H2,1H3. The molecule has 1 spiro atoms. The maximum absolute atomic E-state index is 13.5. The average molecular weight is 398 g/mol. The Morgan fingerprint density at radius 1 is 1.14 bits per heavy atom. The van der Waals surface area contributed by atoms with Gasteiger partial charge in [0.2, 0.25) is 0 Å². The number of fused-ring (bicyclic) bond motifs is 2. The number of rotatable bonds is 2. The van der Waals surface area contributed by atoms with Crippen molar-refractivity contribution >= 4 is 32.6 Å². The molecule has 2 saturated carbocycles. The van der Waals surface area contributed by atoms with E-state index < -0.39 is 16.9 Å². The molecule has 2 fully saturated rings. The fraction of sp³-hybridized carbons (Fsp3) is 0.350. The normalized spacial score (nSPS) is 28.1. The van der Waals surface area contributed by atoms with Crippen LogP contribution in [0.3, 0.4) is 0 Å². The van der Waals surface area contributed by atoms with Crippen molar-refractivity contribution in [1.82, 2.24) is 19.7 Å². The third kappa shape index (κ3) is 2.15. The molecular formula is C20H16F2N4OS. The highest BCUT2D eigenvalue weighted by atomic mass is 32.1. The first-order chi connectivity index (χ1) is 13.3. The maximum Gasteiger partial charge on any atom is 0.254 e. The molecular weight excluding hydrogens is 382 g/mol. The number of aryl methyl sites for hydroxylation is 1. The maximum atomic E-state index is 13.5. The summed E-state index contributed by atoms with van der Waals surface area (Å²) in [5.41, 5.74) is 0.230. The molecule has 2 aliphatic carbocycles. The second-order valence-electron chi connectivity index (χ2n) is 8.19. The molecule has 2 aliphatic rings. The number of alkyl halides is 2. The van der Waals surface area contributed by atoms with E-state index in [-0.39, 0.29) is 19.3 Å². The van der Waals surface area contributed by atoms with Gasteiger partial charge >= 0.3 is 0 Å². The van der Waals surface area contributed by atoms with Crippen LogP contribution < -0.4 is 0 Å². The highest BCUT2D eigenvalue weighted by Crippen LogP contribution is 2.76. The Labute approximate surface area is 162 Å². The van der Waals surface area contributed by atoms with Crippen molar-refractivity contribution < 1.29 is 13.9 Å². The highest BCUT2D eigenvalue weighted by Gasteiger charge is 2.79. The topological polar surface area (TPSA) is 63.8 Å². The zero-order valence-corrected chi connectivity index (χ0v) is 15.8. The van der Waals surface area contributed by atoms with Gasteiger partial charge in [0.1, 0.15) is 10.4 Å². The van der Waals surface area contributed by atoms with Crippen molar-refractivity contribution in [2.75, 3.05) is 0 Å². The van der Waals surface area contributed by atoms with Crippen LogP contribution in [0.25, 0.3) is 32.5 Å². The van der Waals surface area contributed by atoms with E-state index in [1.165, 1.54) is 11.3 Å². The molecule has 28 heavy (non-hydrogen) atoms. The molecule has 0 radical (unpaired) electrons. The van der Waals surface area contributed by atoms with E-state index in [1.54, 1.807) is 10.9 Å². The molecule has 8 heteroatoms. The van der Waals surface area contributed by atoms with Crippen LogP contribution in [0.5, 0.6) is 0 Å². The van der Waals surface area contributed by atoms with E-state index in [0.29, 0.717) is 5.65 Å². The predicted octanol–water partition coefficient (Wildman–Crippen LogP) is 4.25. The highest BCUT2D eigenvalue weighted by molar-refractivity contribution is 7.18. The molecule has 4 aromatic rings. The molecule has 0 atom stereocenters. The van der Waals surface area contributed by atoms with Crippen LogP contribution in [-0.2, 0) is 12.6 Å². The van der Waals surface area contributed by atoms with Crippen LogP contribution in [0.1, 0.15) is 24.1 Å². The number of nitrogens with zero attached hydrogens (tertiary/aromatic N) is 4. The molecule has 5 nitrogen and oxygen atoms in total. The zero-order valence-electron chi connectivity index (χ0n) is 15.0. The monoisotopic (exact) mass is 398 g/mol. The lowest BCUT2D eigenvalue weighted by Crippen LogP contribution is -2.44. The van der Waals surface area contributed by atoms with Crippen LogP contribution >= 0.6 is 11.3 Å². The van der Waals surface area contributed by atoms with Gasteiger partial charge in [-0.25, -0.2) is 18.7 Å². The smallest absolute Gasteiger partial charge is 0.254 e. The molecule has 142 valence electrons. The lowest BCUT2D eigenvalue weighted by Gasteiger charge is -2.43. The molecule has 0 amide bonds. The van der Waals surface area contributed by atoms with Gasteiger partial charge in [-0.05, 0) is 37.1 Å². The van der Waals surface area contributed by atoms with Gasteiger partial charge in [0.05, 0.1) is 5.69 Å². The fourth-order valence-corrected chi connectivity index (χ4v) is 5.60. The molecule has 6 rings (SSSR count). The molecule has 0 aromatic carbocycles. The summed E-state index contributed by atoms with van der Waals surface area (Å²) in [6.07, 6.45) is 3.82. The average Bonchev–Trinajstić information content (AvgIpc) is 2.96. The Hall–Kier alpha value is -2.45. The van der Waals surface area contributed by atoms with Crippen LogP contribution in [0.2, 0.25) is 0 Å². The summed E-state index contributed by atoms with van der Waals surface area (Å²) < 4.78 is 28.8. The number of hydrogen-bond donors (Lipinski definition) is 1. The van der Waals surface area contributed by atoms with Gasteiger partial charge in [-0.3, -0.25) is 4.68 Å². The van der Waals surface area contributed by atoms with Crippen LogP contribution in [0.15, 0.2) is 36.7 Å². The molecule has 0 unspecified atom stereocenters. The lowest BCUT2D eigenvalue weighted by molar-refractivity contribution is -0.127. The lowest BCUT2D eigenvalue weighted by atomic mass is 9.67. The number of aromatic nitrogens is 4. The molecule has 0 bridgehead atoms. The fourth-order valence-electron chi connectivity index (χ4n) is 4.49. The van der Waals surface area contributed by atoms with Gasteiger partial charge in [0.25, 0.3) is 5.92 Å². The largest absolute Gasteiger partial charge is 0.384 e. The summed E-state index contributed by atoms with van der Waals surface area (Å²) in [6, 6.07) is 7.75. The third-order valence-electron chi connectivity index (χ3n) is 6.08. The summed E-state index contributed by atoms with van der Waals surface area (Å²) >= 11 is 1.38. The second-order valence-corrected chi connectivity index (χ2v) is 9.22. The van der Waals surface area contributed by atoms with Crippen molar-refractivity contribution in [2.45, 2.75) is 30.8 Å². The number of pyridine rings is 2. The Bertz CT molecular complexity index is 1270. The van der Waals surface area contributed by atoms with E-state index >= 15 is 0 Å². The minimum absolute atomic E-state index is 0.0978. The minimum atomic E-state index is -2.61. The van der Waals surface area contributed by atoms with Crippen LogP contribution in [0.4, 0.5) is 8.78 Å². The third-order valence-corrected chi connectivity index (χ3v) is 7.32. The second kappa shape index (κ2) is 4.93. The van der Waals surface area contributed by atoms with E-state index in [4.69, 9.17) is 4.98 Å². The van der Waals surface area contributed by atoms with Crippen molar-refractivity contribution in [2.24, 2.45) is 12.5 Å². The Kier molecular flexibility index (Phi) is 2.91. The van der Waals surface area contributed by atoms with E-state index in [9.17, 15) is 13.9 Å². The van der Waals surface area contributed by atoms with Gasteiger partial charge in [-0.2, -0.15) is 5.10 Å². The van der Waals surface area contributed by atoms with Gasteiger partial charge in [0, 0.05) is 52.5 Å². The quantitative estimate of drug-likeness (QED) is 0.548. The summed E-state index contributed by atoms with van der Waals surface area (Å²) in [5.74, 6) is -2.61. The van der Waals surface area contributed by atoms with E-state index in [1.807, 2.05) is 37.5 Å². The molecule has 1 N–H and O–H groups in total. The van der Waals surface area contributed by atoms with Gasteiger partial charge in [-0.1, -0.05) is 0 Å². The number of halogens is 2. The van der Waals surface area contributed by atoms with Crippen molar-refractivity contribution in [3.8, 4) is 11.3 Å². The zero-order chi connectivity index (χ0) is 19.3. The Morgan fingerprint density at radius 2 is 1.93 bits per heavy atom. The first kappa shape index (κ1) is 16.5. The van der Waals surface area contributed by atoms with Gasteiger partial charge < -0.3 is 5.11 Å². The summed E-state index contributed by atoms with van der Waals surface area (Å²) in [7, 11) is 1.85. The SMILES string of the molecule is Cn1cc2cc(-c3ccc4cc(C5(O)CC6(C5)CC6(F)F)sc4n3)cnc2n1. The van der Waals surface area contributed by atoms with Crippen molar-refractivity contribution in [1.29, 1.82) is 0 Å². The minimum Gasteiger partial charge on any atom is -0.384 e. The first-order valence-corrected chi connectivity index (χ1v) is 9.90. The number of thiophene rings is 1. The van der Waals surface area contributed by atoms with Crippen molar-refractivity contribution in [3.05, 3.63) is 41.5 Å². The van der Waals surface area contributed by atoms with Crippen LogP contribution in [-0.4, -0.2) is 30.8 Å².